The van der Waals surface area contributed by atoms with Crippen LogP contribution in [-0.4, -0.2) is 5.91 Å². The molecule has 6 heteroatoms. The van der Waals surface area contributed by atoms with E-state index in [1.54, 1.807) is 12.1 Å². The molecule has 0 unspecified atom stereocenters. The van der Waals surface area contributed by atoms with Gasteiger partial charge in [0.1, 0.15) is 5.82 Å². The van der Waals surface area contributed by atoms with Crippen LogP contribution in [-0.2, 0) is 0 Å². The van der Waals surface area contributed by atoms with E-state index in [1.165, 1.54) is 18.2 Å². The van der Waals surface area contributed by atoms with Crippen molar-refractivity contribution in [1.29, 1.82) is 0 Å². The first-order valence-corrected chi connectivity index (χ1v) is 6.74. The zero-order valence-corrected chi connectivity index (χ0v) is 12.5. The smallest absolute Gasteiger partial charge is 0.256 e. The molecule has 0 aliphatic rings. The molecule has 0 aliphatic heterocycles. The molecule has 1 N–H and O–H groups in total. The first kappa shape index (κ1) is 14.3. The molecule has 0 spiro atoms. The molecule has 2 aromatic rings. The fourth-order valence-corrected chi connectivity index (χ4v) is 2.22. The first-order valence-electron chi connectivity index (χ1n) is 5.19. The van der Waals surface area contributed by atoms with Gasteiger partial charge in [-0.05, 0) is 52.3 Å². The van der Waals surface area contributed by atoms with Gasteiger partial charge in [-0.15, -0.1) is 0 Å². The van der Waals surface area contributed by atoms with Crippen LogP contribution in [0.15, 0.2) is 40.9 Å². The Morgan fingerprint density at radius 2 is 1.89 bits per heavy atom. The fourth-order valence-electron chi connectivity index (χ4n) is 1.45. The topological polar surface area (TPSA) is 29.1 Å². The summed E-state index contributed by atoms with van der Waals surface area (Å²) < 4.78 is 13.6. The van der Waals surface area contributed by atoms with E-state index in [-0.39, 0.29) is 5.56 Å². The minimum atomic E-state index is -0.495. The fraction of sp³-hybridized carbons (Fsp3) is 0. The third-order valence-electron chi connectivity index (χ3n) is 2.35. The minimum absolute atomic E-state index is 0.177. The number of nitrogens with one attached hydrogen (secondary N) is 1. The summed E-state index contributed by atoms with van der Waals surface area (Å²) in [5, 5.41) is 3.38. The number of halogens is 4. The van der Waals surface area contributed by atoms with Crippen LogP contribution in [0.25, 0.3) is 0 Å². The van der Waals surface area contributed by atoms with E-state index < -0.39 is 11.7 Å². The van der Waals surface area contributed by atoms with Gasteiger partial charge in [-0.2, -0.15) is 0 Å². The van der Waals surface area contributed by atoms with Gasteiger partial charge in [0.2, 0.25) is 0 Å². The normalized spacial score (nSPS) is 10.3. The Balaban J connectivity index is 2.30. The molecule has 0 saturated carbocycles. The van der Waals surface area contributed by atoms with Crippen molar-refractivity contribution >= 4 is 50.7 Å². The maximum absolute atomic E-state index is 13.1. The largest absolute Gasteiger partial charge is 0.321 e. The van der Waals surface area contributed by atoms with Gasteiger partial charge in [0.05, 0.1) is 16.3 Å². The lowest BCUT2D eigenvalue weighted by molar-refractivity contribution is 0.102. The van der Waals surface area contributed by atoms with Crippen LogP contribution < -0.4 is 5.32 Å². The summed E-state index contributed by atoms with van der Waals surface area (Å²) in [6.45, 7) is 0. The second-order valence-corrected chi connectivity index (χ2v) is 5.40. The Labute approximate surface area is 127 Å². The number of rotatable bonds is 2. The molecular weight excluding hydrogens is 356 g/mol. The third kappa shape index (κ3) is 3.47. The lowest BCUT2D eigenvalue weighted by Gasteiger charge is -2.09. The monoisotopic (exact) mass is 361 g/mol. The molecule has 0 aromatic heterocycles. The standard InChI is InChI=1S/C13H7BrCl2FNO/c14-10-3-2-8(17)6-9(10)13(19)18-12-5-7(15)1-4-11(12)16/h1-6H,(H,18,19). The average Bonchev–Trinajstić information content (AvgIpc) is 2.36. The van der Waals surface area contributed by atoms with Crippen molar-refractivity contribution in [2.24, 2.45) is 0 Å². The Morgan fingerprint density at radius 3 is 2.63 bits per heavy atom. The average molecular weight is 363 g/mol. The van der Waals surface area contributed by atoms with Gasteiger partial charge in [-0.3, -0.25) is 4.79 Å². The lowest BCUT2D eigenvalue weighted by Crippen LogP contribution is -2.13. The minimum Gasteiger partial charge on any atom is -0.321 e. The SMILES string of the molecule is O=C(Nc1cc(Cl)ccc1Cl)c1cc(F)ccc1Br. The highest BCUT2D eigenvalue weighted by Gasteiger charge is 2.13. The van der Waals surface area contributed by atoms with E-state index in [9.17, 15) is 9.18 Å². The Bertz CT molecular complexity index is 649. The number of hydrogen-bond acceptors (Lipinski definition) is 1. The third-order valence-corrected chi connectivity index (χ3v) is 3.61. The van der Waals surface area contributed by atoms with E-state index in [1.807, 2.05) is 0 Å². The Hall–Kier alpha value is -1.10. The molecule has 0 saturated heterocycles. The molecule has 2 rings (SSSR count). The Kier molecular flexibility index (Phi) is 4.45. The zero-order chi connectivity index (χ0) is 14.0. The molecule has 2 nitrogen and oxygen atoms in total. The van der Waals surface area contributed by atoms with Crippen LogP contribution in [0.5, 0.6) is 0 Å². The molecule has 0 atom stereocenters. The quantitative estimate of drug-likeness (QED) is 0.786. The predicted molar refractivity (Wildman–Crippen MR) is 78.5 cm³/mol. The summed E-state index contributed by atoms with van der Waals surface area (Å²) >= 11 is 15.0. The number of benzene rings is 2. The molecule has 98 valence electrons. The van der Waals surface area contributed by atoms with E-state index in [4.69, 9.17) is 23.2 Å². The molecule has 1 amide bonds. The van der Waals surface area contributed by atoms with Gasteiger partial charge in [0.25, 0.3) is 5.91 Å². The number of carbonyl (C=O) groups excluding carboxylic acids is 1. The summed E-state index contributed by atoms with van der Waals surface area (Å²) in [5.41, 5.74) is 0.548. The summed E-state index contributed by atoms with van der Waals surface area (Å²) in [5.74, 6) is -0.971. The van der Waals surface area contributed by atoms with E-state index in [0.29, 0.717) is 20.2 Å². The predicted octanol–water partition coefficient (Wildman–Crippen LogP) is 5.15. The van der Waals surface area contributed by atoms with E-state index in [2.05, 4.69) is 21.2 Å². The highest BCUT2D eigenvalue weighted by Crippen LogP contribution is 2.27. The molecule has 0 fully saturated rings. The van der Waals surface area contributed by atoms with Gasteiger partial charge >= 0.3 is 0 Å². The first-order chi connectivity index (χ1) is 8.97. The zero-order valence-electron chi connectivity index (χ0n) is 9.38. The summed E-state index contributed by atoms with van der Waals surface area (Å²) in [6.07, 6.45) is 0. The van der Waals surface area contributed by atoms with Crippen molar-refractivity contribution in [3.8, 4) is 0 Å². The van der Waals surface area contributed by atoms with Gasteiger partial charge < -0.3 is 5.32 Å². The van der Waals surface area contributed by atoms with Gasteiger partial charge in [0, 0.05) is 9.50 Å². The summed E-state index contributed by atoms with van der Waals surface area (Å²) in [4.78, 5) is 12.0. The number of anilines is 1. The van der Waals surface area contributed by atoms with Crippen molar-refractivity contribution in [3.05, 3.63) is 62.3 Å². The summed E-state index contributed by atoms with van der Waals surface area (Å²) in [7, 11) is 0. The van der Waals surface area contributed by atoms with Crippen LogP contribution >= 0.6 is 39.1 Å². The van der Waals surface area contributed by atoms with Crippen molar-refractivity contribution in [2.75, 3.05) is 5.32 Å². The van der Waals surface area contributed by atoms with Crippen molar-refractivity contribution in [2.45, 2.75) is 0 Å². The van der Waals surface area contributed by atoms with Crippen LogP contribution in [0.2, 0.25) is 10.0 Å². The van der Waals surface area contributed by atoms with Crippen molar-refractivity contribution in [1.82, 2.24) is 0 Å². The van der Waals surface area contributed by atoms with Gasteiger partial charge in [-0.25, -0.2) is 4.39 Å². The maximum Gasteiger partial charge on any atom is 0.256 e. The Morgan fingerprint density at radius 1 is 1.16 bits per heavy atom. The van der Waals surface area contributed by atoms with Gasteiger partial charge in [0.15, 0.2) is 0 Å². The number of hydrogen-bond donors (Lipinski definition) is 1. The highest BCUT2D eigenvalue weighted by molar-refractivity contribution is 9.10. The van der Waals surface area contributed by atoms with Gasteiger partial charge in [-0.1, -0.05) is 23.2 Å². The molecule has 0 radical (unpaired) electrons. The van der Waals surface area contributed by atoms with Crippen LogP contribution in [0.3, 0.4) is 0 Å². The maximum atomic E-state index is 13.1. The van der Waals surface area contributed by atoms with Crippen molar-refractivity contribution < 1.29 is 9.18 Å². The highest BCUT2D eigenvalue weighted by atomic mass is 79.9. The second-order valence-electron chi connectivity index (χ2n) is 3.70. The molecule has 2 aromatic carbocycles. The molecular formula is C13H7BrCl2FNO. The summed E-state index contributed by atoms with van der Waals surface area (Å²) in [6, 6.07) is 8.56. The lowest BCUT2D eigenvalue weighted by atomic mass is 10.2. The molecule has 19 heavy (non-hydrogen) atoms. The van der Waals surface area contributed by atoms with Crippen LogP contribution in [0, 0.1) is 5.82 Å². The second kappa shape index (κ2) is 5.90. The van der Waals surface area contributed by atoms with E-state index in [0.717, 1.165) is 6.07 Å². The number of amides is 1. The number of carbonyl (C=O) groups is 1. The molecule has 0 heterocycles. The van der Waals surface area contributed by atoms with E-state index >= 15 is 0 Å². The molecule has 0 aliphatic carbocycles. The van der Waals surface area contributed by atoms with Crippen molar-refractivity contribution in [3.63, 3.8) is 0 Å². The van der Waals surface area contributed by atoms with Crippen LogP contribution in [0.1, 0.15) is 10.4 Å². The van der Waals surface area contributed by atoms with Crippen LogP contribution in [0.4, 0.5) is 10.1 Å². The molecule has 0 bridgehead atoms.